The highest BCUT2D eigenvalue weighted by atomic mass is 19.1. The smallest absolute Gasteiger partial charge is 0.253 e. The Labute approximate surface area is 149 Å². The third-order valence-electron chi connectivity index (χ3n) is 4.76. The summed E-state index contributed by atoms with van der Waals surface area (Å²) in [6.45, 7) is 6.57. The van der Waals surface area contributed by atoms with Gasteiger partial charge >= 0.3 is 0 Å². The largest absolute Gasteiger partial charge is 0.363 e. The van der Waals surface area contributed by atoms with E-state index in [4.69, 9.17) is 0 Å². The number of hydrogen-bond acceptors (Lipinski definition) is 2. The molecule has 0 aromatic heterocycles. The number of rotatable bonds is 5. The number of carbonyl (C=O) groups is 1. The van der Waals surface area contributed by atoms with Crippen LogP contribution >= 0.6 is 0 Å². The van der Waals surface area contributed by atoms with E-state index in [9.17, 15) is 9.18 Å². The summed E-state index contributed by atoms with van der Waals surface area (Å²) in [5.41, 5.74) is 3.96. The molecule has 1 amide bonds. The van der Waals surface area contributed by atoms with Crippen molar-refractivity contribution in [2.75, 3.05) is 18.5 Å². The monoisotopic (exact) mass is 340 g/mol. The van der Waals surface area contributed by atoms with Gasteiger partial charge in [-0.25, -0.2) is 4.39 Å². The van der Waals surface area contributed by atoms with Crippen LogP contribution in [0.1, 0.15) is 41.8 Å². The van der Waals surface area contributed by atoms with Crippen molar-refractivity contribution < 1.29 is 9.18 Å². The van der Waals surface area contributed by atoms with Crippen molar-refractivity contribution in [1.82, 2.24) is 4.90 Å². The molecule has 1 heterocycles. The van der Waals surface area contributed by atoms with Gasteiger partial charge in [0.1, 0.15) is 5.82 Å². The van der Waals surface area contributed by atoms with Crippen LogP contribution in [0.4, 0.5) is 10.1 Å². The minimum atomic E-state index is -0.189. The summed E-state index contributed by atoms with van der Waals surface area (Å²) in [6, 6.07) is 12.7. The Morgan fingerprint density at radius 1 is 1.12 bits per heavy atom. The number of hydrogen-bond donors (Lipinski definition) is 0. The molecule has 4 heteroatoms. The van der Waals surface area contributed by atoms with Crippen LogP contribution in [-0.4, -0.2) is 24.4 Å². The van der Waals surface area contributed by atoms with Crippen LogP contribution in [0.3, 0.4) is 0 Å². The number of amides is 1. The van der Waals surface area contributed by atoms with E-state index in [-0.39, 0.29) is 11.7 Å². The lowest BCUT2D eigenvalue weighted by atomic mass is 10.1. The average Bonchev–Trinajstić information content (AvgIpc) is 3.02. The van der Waals surface area contributed by atoms with Gasteiger partial charge < -0.3 is 9.80 Å². The molecule has 1 aliphatic heterocycles. The number of fused-ring (bicyclic) bond motifs is 1. The van der Waals surface area contributed by atoms with Crippen molar-refractivity contribution in [2.45, 2.75) is 33.4 Å². The maximum Gasteiger partial charge on any atom is 0.253 e. The molecule has 0 bridgehead atoms. The van der Waals surface area contributed by atoms with Crippen molar-refractivity contribution in [3.63, 3.8) is 0 Å². The van der Waals surface area contributed by atoms with Crippen molar-refractivity contribution in [3.8, 4) is 0 Å². The molecule has 0 atom stereocenters. The normalized spacial score (nSPS) is 13.2. The molecule has 132 valence electrons. The van der Waals surface area contributed by atoms with E-state index < -0.39 is 0 Å². The summed E-state index contributed by atoms with van der Waals surface area (Å²) in [5, 5.41) is 0. The molecule has 0 saturated carbocycles. The zero-order chi connectivity index (χ0) is 18.0. The first-order valence-corrected chi connectivity index (χ1v) is 8.82. The number of nitrogens with zero attached hydrogens (tertiary/aromatic N) is 2. The first kappa shape index (κ1) is 17.5. The standard InChI is InChI=1S/C21H25FN2O/c1-15(2)10-11-23(3)21(25)16-5-8-20(9-6-16)24-13-17-4-7-19(22)12-18(17)14-24/h4-9,12,15H,10-11,13-14H2,1-3H3. The highest BCUT2D eigenvalue weighted by molar-refractivity contribution is 5.94. The summed E-state index contributed by atoms with van der Waals surface area (Å²) in [7, 11) is 1.85. The number of anilines is 1. The Hall–Kier alpha value is -2.36. The molecule has 3 nitrogen and oxygen atoms in total. The molecule has 3 rings (SSSR count). The number of benzene rings is 2. The molecule has 0 fully saturated rings. The fraction of sp³-hybridized carbons (Fsp3) is 0.381. The van der Waals surface area contributed by atoms with Gasteiger partial charge in [-0.1, -0.05) is 19.9 Å². The predicted molar refractivity (Wildman–Crippen MR) is 99.1 cm³/mol. The maximum atomic E-state index is 13.4. The van der Waals surface area contributed by atoms with E-state index in [2.05, 4.69) is 18.7 Å². The van der Waals surface area contributed by atoms with Gasteiger partial charge in [0.25, 0.3) is 5.91 Å². The molecule has 25 heavy (non-hydrogen) atoms. The SMILES string of the molecule is CC(C)CCN(C)C(=O)c1ccc(N2Cc3ccc(F)cc3C2)cc1. The Morgan fingerprint density at radius 3 is 2.48 bits per heavy atom. The summed E-state index contributed by atoms with van der Waals surface area (Å²) < 4.78 is 13.4. The van der Waals surface area contributed by atoms with Crippen LogP contribution in [0.15, 0.2) is 42.5 Å². The fourth-order valence-electron chi connectivity index (χ4n) is 3.13. The van der Waals surface area contributed by atoms with Crippen LogP contribution in [0.2, 0.25) is 0 Å². The fourth-order valence-corrected chi connectivity index (χ4v) is 3.13. The highest BCUT2D eigenvalue weighted by Gasteiger charge is 2.20. The first-order chi connectivity index (χ1) is 11.9. The molecule has 0 unspecified atom stereocenters. The summed E-state index contributed by atoms with van der Waals surface area (Å²) in [5.74, 6) is 0.448. The van der Waals surface area contributed by atoms with Crippen LogP contribution in [0, 0.1) is 11.7 Å². The average molecular weight is 340 g/mol. The summed E-state index contributed by atoms with van der Waals surface area (Å²) >= 11 is 0. The van der Waals surface area contributed by atoms with Crippen LogP contribution in [0.25, 0.3) is 0 Å². The van der Waals surface area contributed by atoms with Gasteiger partial charge in [0, 0.05) is 37.9 Å². The third kappa shape index (κ3) is 4.01. The van der Waals surface area contributed by atoms with Crippen molar-refractivity contribution in [2.24, 2.45) is 5.92 Å². The predicted octanol–water partition coefficient (Wildman–Crippen LogP) is 4.46. The molecule has 0 saturated heterocycles. The third-order valence-corrected chi connectivity index (χ3v) is 4.76. The van der Waals surface area contributed by atoms with E-state index in [0.717, 1.165) is 36.3 Å². The van der Waals surface area contributed by atoms with Gasteiger partial charge in [0.05, 0.1) is 0 Å². The number of halogens is 1. The van der Waals surface area contributed by atoms with Crippen LogP contribution in [0.5, 0.6) is 0 Å². The second-order valence-corrected chi connectivity index (χ2v) is 7.23. The van der Waals surface area contributed by atoms with Gasteiger partial charge in [-0.3, -0.25) is 4.79 Å². The van der Waals surface area contributed by atoms with Gasteiger partial charge in [0.2, 0.25) is 0 Å². The number of carbonyl (C=O) groups excluding carboxylic acids is 1. The Kier molecular flexibility index (Phi) is 5.07. The molecule has 0 radical (unpaired) electrons. The Bertz CT molecular complexity index is 755. The van der Waals surface area contributed by atoms with E-state index >= 15 is 0 Å². The lowest BCUT2D eigenvalue weighted by Crippen LogP contribution is -2.28. The highest BCUT2D eigenvalue weighted by Crippen LogP contribution is 2.29. The van der Waals surface area contributed by atoms with E-state index in [1.54, 1.807) is 11.0 Å². The summed E-state index contributed by atoms with van der Waals surface area (Å²) in [6.07, 6.45) is 1.00. The van der Waals surface area contributed by atoms with Gasteiger partial charge in [-0.05, 0) is 59.9 Å². The Balaban J connectivity index is 1.66. The van der Waals surface area contributed by atoms with E-state index in [1.165, 1.54) is 6.07 Å². The Morgan fingerprint density at radius 2 is 1.80 bits per heavy atom. The van der Waals surface area contributed by atoms with Crippen LogP contribution < -0.4 is 4.90 Å². The second-order valence-electron chi connectivity index (χ2n) is 7.23. The minimum absolute atomic E-state index is 0.0546. The van der Waals surface area contributed by atoms with E-state index in [0.29, 0.717) is 18.0 Å². The molecule has 0 N–H and O–H groups in total. The van der Waals surface area contributed by atoms with Crippen LogP contribution in [-0.2, 0) is 13.1 Å². The molecule has 0 spiro atoms. The van der Waals surface area contributed by atoms with Crippen molar-refractivity contribution in [3.05, 3.63) is 65.0 Å². The molecular weight excluding hydrogens is 315 g/mol. The van der Waals surface area contributed by atoms with Gasteiger partial charge in [-0.2, -0.15) is 0 Å². The van der Waals surface area contributed by atoms with Crippen molar-refractivity contribution >= 4 is 11.6 Å². The van der Waals surface area contributed by atoms with E-state index in [1.807, 2.05) is 37.4 Å². The molecular formula is C21H25FN2O. The zero-order valence-electron chi connectivity index (χ0n) is 15.1. The zero-order valence-corrected chi connectivity index (χ0v) is 15.1. The lowest BCUT2D eigenvalue weighted by molar-refractivity contribution is 0.0789. The maximum absolute atomic E-state index is 13.4. The summed E-state index contributed by atoms with van der Waals surface area (Å²) in [4.78, 5) is 16.5. The van der Waals surface area contributed by atoms with Gasteiger partial charge in [-0.15, -0.1) is 0 Å². The molecule has 2 aromatic carbocycles. The topological polar surface area (TPSA) is 23.6 Å². The lowest BCUT2D eigenvalue weighted by Gasteiger charge is -2.20. The van der Waals surface area contributed by atoms with Gasteiger partial charge in [0.15, 0.2) is 0 Å². The molecule has 2 aromatic rings. The van der Waals surface area contributed by atoms with Crippen molar-refractivity contribution in [1.29, 1.82) is 0 Å². The first-order valence-electron chi connectivity index (χ1n) is 8.82. The quantitative estimate of drug-likeness (QED) is 0.802. The molecule has 1 aliphatic rings. The molecule has 0 aliphatic carbocycles. The minimum Gasteiger partial charge on any atom is -0.363 e. The second kappa shape index (κ2) is 7.26.